The Kier molecular flexibility index (Phi) is 6.78. The number of amides is 2. The molecule has 1 saturated heterocycles. The molecule has 10 heteroatoms. The molecule has 0 bridgehead atoms. The number of nitrogens with zero attached hydrogens (tertiary/aromatic N) is 3. The molecule has 1 aromatic heterocycles. The molecule has 2 rings (SSSR count). The van der Waals surface area contributed by atoms with E-state index in [0.29, 0.717) is 19.3 Å². The first kappa shape index (κ1) is 23.6. The van der Waals surface area contributed by atoms with Crippen molar-refractivity contribution in [1.82, 2.24) is 15.3 Å². The van der Waals surface area contributed by atoms with E-state index < -0.39 is 40.8 Å². The van der Waals surface area contributed by atoms with E-state index in [2.05, 4.69) is 10.4 Å². The Morgan fingerprint density at radius 3 is 2.47 bits per heavy atom. The first-order valence-corrected chi connectivity index (χ1v) is 9.73. The molecular weight excluding hydrogens is 401 g/mol. The number of anilines is 1. The Morgan fingerprint density at radius 1 is 1.27 bits per heavy atom. The molecular formula is C20H27F3N4O3. The summed E-state index contributed by atoms with van der Waals surface area (Å²) in [6.45, 7) is 6.85. The van der Waals surface area contributed by atoms with Crippen molar-refractivity contribution < 1.29 is 27.6 Å². The summed E-state index contributed by atoms with van der Waals surface area (Å²) in [6.07, 6.45) is -3.16. The SMILES string of the molecule is CCC(C)(C)C(=O)C(=O)N1CCCC1C(=O)NN(C)c1cc(C(F)(F)F)cc(C)n1. The van der Waals surface area contributed by atoms with Crippen molar-refractivity contribution in [2.45, 2.75) is 59.2 Å². The minimum Gasteiger partial charge on any atom is -0.324 e. The third-order valence-corrected chi connectivity index (χ3v) is 5.40. The topological polar surface area (TPSA) is 82.6 Å². The van der Waals surface area contributed by atoms with Crippen molar-refractivity contribution in [3.63, 3.8) is 0 Å². The van der Waals surface area contributed by atoms with Crippen LogP contribution in [-0.4, -0.2) is 47.1 Å². The summed E-state index contributed by atoms with van der Waals surface area (Å²) in [7, 11) is 1.37. The number of hydrogen-bond acceptors (Lipinski definition) is 5. The fourth-order valence-electron chi connectivity index (χ4n) is 3.15. The van der Waals surface area contributed by atoms with Gasteiger partial charge in [-0.1, -0.05) is 20.8 Å². The quantitative estimate of drug-likeness (QED) is 0.557. The summed E-state index contributed by atoms with van der Waals surface area (Å²) in [5.74, 6) is -1.94. The third-order valence-electron chi connectivity index (χ3n) is 5.40. The first-order chi connectivity index (χ1) is 13.8. The summed E-state index contributed by atoms with van der Waals surface area (Å²) < 4.78 is 39.2. The Labute approximate surface area is 173 Å². The van der Waals surface area contributed by atoms with Gasteiger partial charge in [-0.2, -0.15) is 13.2 Å². The molecule has 30 heavy (non-hydrogen) atoms. The molecule has 0 aromatic carbocycles. The van der Waals surface area contributed by atoms with Crippen LogP contribution in [0.5, 0.6) is 0 Å². The van der Waals surface area contributed by atoms with Gasteiger partial charge in [0.25, 0.3) is 11.8 Å². The molecule has 166 valence electrons. The number of aromatic nitrogens is 1. The number of alkyl halides is 3. The average molecular weight is 428 g/mol. The van der Waals surface area contributed by atoms with Gasteiger partial charge in [0.15, 0.2) is 0 Å². The molecule has 0 radical (unpaired) electrons. The van der Waals surface area contributed by atoms with E-state index in [1.165, 1.54) is 18.9 Å². The molecule has 1 N–H and O–H groups in total. The van der Waals surface area contributed by atoms with Gasteiger partial charge in [0, 0.05) is 24.7 Å². The van der Waals surface area contributed by atoms with E-state index in [4.69, 9.17) is 0 Å². The number of Topliss-reactive ketones (excluding diaryl/α,β-unsaturated/α-hetero) is 1. The van der Waals surface area contributed by atoms with Crippen LogP contribution in [0.2, 0.25) is 0 Å². The highest BCUT2D eigenvalue weighted by Crippen LogP contribution is 2.31. The second-order valence-electron chi connectivity index (χ2n) is 8.11. The van der Waals surface area contributed by atoms with E-state index in [-0.39, 0.29) is 18.1 Å². The van der Waals surface area contributed by atoms with Crippen molar-refractivity contribution in [2.24, 2.45) is 5.41 Å². The lowest BCUT2D eigenvalue weighted by atomic mass is 9.84. The minimum atomic E-state index is -4.55. The van der Waals surface area contributed by atoms with Crippen molar-refractivity contribution in [1.29, 1.82) is 0 Å². The van der Waals surface area contributed by atoms with Crippen LogP contribution in [0.15, 0.2) is 12.1 Å². The Hall–Kier alpha value is -2.65. The normalized spacial score (nSPS) is 17.1. The van der Waals surface area contributed by atoms with Crippen LogP contribution in [0.25, 0.3) is 0 Å². The zero-order valence-corrected chi connectivity index (χ0v) is 17.8. The zero-order chi connectivity index (χ0) is 22.9. The van der Waals surface area contributed by atoms with Gasteiger partial charge >= 0.3 is 6.18 Å². The van der Waals surface area contributed by atoms with Gasteiger partial charge in [-0.05, 0) is 38.3 Å². The van der Waals surface area contributed by atoms with E-state index >= 15 is 0 Å². The zero-order valence-electron chi connectivity index (χ0n) is 17.8. The smallest absolute Gasteiger partial charge is 0.324 e. The Bertz CT molecular complexity index is 839. The maximum Gasteiger partial charge on any atom is 0.416 e. The fourth-order valence-corrected chi connectivity index (χ4v) is 3.15. The van der Waals surface area contributed by atoms with Gasteiger partial charge in [-0.15, -0.1) is 0 Å². The molecule has 0 saturated carbocycles. The van der Waals surface area contributed by atoms with E-state index in [1.807, 2.05) is 0 Å². The molecule has 1 aliphatic rings. The molecule has 1 aromatic rings. The maximum atomic E-state index is 13.1. The van der Waals surface area contributed by atoms with Crippen molar-refractivity contribution >= 4 is 23.4 Å². The molecule has 7 nitrogen and oxygen atoms in total. The number of ketones is 1. The van der Waals surface area contributed by atoms with Crippen LogP contribution in [0.4, 0.5) is 19.0 Å². The van der Waals surface area contributed by atoms with Gasteiger partial charge in [-0.3, -0.25) is 24.8 Å². The predicted octanol–water partition coefficient (Wildman–Crippen LogP) is 2.87. The molecule has 1 fully saturated rings. The van der Waals surface area contributed by atoms with Crippen LogP contribution in [0.3, 0.4) is 0 Å². The molecule has 2 heterocycles. The summed E-state index contributed by atoms with van der Waals surface area (Å²) in [6, 6.07) is 0.874. The van der Waals surface area contributed by atoms with Crippen molar-refractivity contribution in [3.05, 3.63) is 23.4 Å². The lowest BCUT2D eigenvalue weighted by molar-refractivity contribution is -0.151. The predicted molar refractivity (Wildman–Crippen MR) is 104 cm³/mol. The van der Waals surface area contributed by atoms with E-state index in [0.717, 1.165) is 17.1 Å². The van der Waals surface area contributed by atoms with Gasteiger partial charge in [-0.25, -0.2) is 4.98 Å². The lowest BCUT2D eigenvalue weighted by Gasteiger charge is -2.29. The van der Waals surface area contributed by atoms with Crippen molar-refractivity contribution in [3.8, 4) is 0 Å². The number of nitrogens with one attached hydrogen (secondary N) is 1. The second-order valence-corrected chi connectivity index (χ2v) is 8.11. The lowest BCUT2D eigenvalue weighted by Crippen LogP contribution is -2.53. The minimum absolute atomic E-state index is 0.0882. The van der Waals surface area contributed by atoms with Gasteiger partial charge in [0.2, 0.25) is 5.78 Å². The highest BCUT2D eigenvalue weighted by molar-refractivity contribution is 6.38. The second kappa shape index (κ2) is 8.61. The summed E-state index contributed by atoms with van der Waals surface area (Å²) >= 11 is 0. The van der Waals surface area contributed by atoms with Crippen LogP contribution in [0, 0.1) is 12.3 Å². The average Bonchev–Trinajstić information content (AvgIpc) is 3.15. The Morgan fingerprint density at radius 2 is 1.90 bits per heavy atom. The fraction of sp³-hybridized carbons (Fsp3) is 0.600. The number of hydrogen-bond donors (Lipinski definition) is 1. The standard InChI is InChI=1S/C20H27F3N4O3/c1-6-19(3,4)16(28)18(30)27-9-7-8-14(27)17(29)25-26(5)15-11-13(20(21,22)23)10-12(2)24-15/h10-11,14H,6-9H2,1-5H3,(H,25,29). The number of carbonyl (C=O) groups is 3. The number of rotatable bonds is 6. The summed E-state index contributed by atoms with van der Waals surface area (Å²) in [5, 5.41) is 1.09. The number of aryl methyl sites for hydroxylation is 1. The number of pyridine rings is 1. The van der Waals surface area contributed by atoms with E-state index in [1.54, 1.807) is 20.8 Å². The highest BCUT2D eigenvalue weighted by Gasteiger charge is 2.41. The first-order valence-electron chi connectivity index (χ1n) is 9.73. The van der Waals surface area contributed by atoms with Crippen LogP contribution in [0.1, 0.15) is 51.3 Å². The molecule has 1 atom stereocenters. The summed E-state index contributed by atoms with van der Waals surface area (Å²) in [5.41, 5.74) is 0.909. The third kappa shape index (κ3) is 5.09. The number of carbonyl (C=O) groups excluding carboxylic acids is 3. The van der Waals surface area contributed by atoms with Crippen LogP contribution in [-0.2, 0) is 20.6 Å². The van der Waals surface area contributed by atoms with Gasteiger partial charge in [0.05, 0.1) is 5.56 Å². The van der Waals surface area contributed by atoms with Crippen LogP contribution < -0.4 is 10.4 Å². The highest BCUT2D eigenvalue weighted by atomic mass is 19.4. The number of likely N-dealkylation sites (tertiary alicyclic amines) is 1. The van der Waals surface area contributed by atoms with Gasteiger partial charge < -0.3 is 4.90 Å². The molecule has 0 spiro atoms. The maximum absolute atomic E-state index is 13.1. The summed E-state index contributed by atoms with van der Waals surface area (Å²) in [4.78, 5) is 43.2. The Balaban J connectivity index is 2.16. The van der Waals surface area contributed by atoms with Crippen molar-refractivity contribution in [2.75, 3.05) is 18.6 Å². The monoisotopic (exact) mass is 428 g/mol. The van der Waals surface area contributed by atoms with E-state index in [9.17, 15) is 27.6 Å². The van der Waals surface area contributed by atoms with Gasteiger partial charge in [0.1, 0.15) is 11.9 Å². The molecule has 0 aliphatic carbocycles. The molecule has 1 aliphatic heterocycles. The number of hydrazine groups is 1. The van der Waals surface area contributed by atoms with Crippen LogP contribution >= 0.6 is 0 Å². The molecule has 1 unspecified atom stereocenters. The number of halogens is 3. The largest absolute Gasteiger partial charge is 0.416 e. The molecule has 2 amide bonds.